The van der Waals surface area contributed by atoms with E-state index in [-0.39, 0.29) is 0 Å². The van der Waals surface area contributed by atoms with Crippen LogP contribution in [-0.2, 0) is 4.74 Å². The minimum atomic E-state index is -2.22. The van der Waals surface area contributed by atoms with Gasteiger partial charge < -0.3 is 38.8 Å². The van der Waals surface area contributed by atoms with Gasteiger partial charge in [0.2, 0.25) is 6.29 Å². The molecule has 0 bridgehead atoms. The number of aliphatic hydroxyl groups excluding tert-OH is 4. The third-order valence-corrected chi connectivity index (χ3v) is 22.4. The lowest BCUT2D eigenvalue weighted by molar-refractivity contribution is -0.277. The third kappa shape index (κ3) is 8.57. The first kappa shape index (κ1) is 40.2. The standard InChI is InChI=1S/C38H62O8Si2/c1-23(2)47(24(3)4,25(5)6)45-32-19-30(20-33(21-32)46-48(26(7)8,27(9)10)28(11)12)14-13-29-15-17-31(18-16-29)43-38-37(42)36(41)35(40)34(22-39)44-38/h13-21,23-28,34-42H,22H2,1-12H3/b14-13+/t34-,35-,36+,37-,38-/m0/s1. The zero-order valence-corrected chi connectivity index (χ0v) is 33.2. The molecule has 0 saturated carbocycles. The minimum absolute atomic E-state index is 0.414. The van der Waals surface area contributed by atoms with Crippen LogP contribution in [0.2, 0.25) is 33.2 Å². The molecule has 5 atom stereocenters. The fraction of sp³-hybridized carbons (Fsp3) is 0.632. The van der Waals surface area contributed by atoms with Gasteiger partial charge in [-0.1, -0.05) is 107 Å². The van der Waals surface area contributed by atoms with Gasteiger partial charge in [-0.3, -0.25) is 0 Å². The van der Waals surface area contributed by atoms with E-state index in [2.05, 4.69) is 107 Å². The molecule has 2 aromatic carbocycles. The summed E-state index contributed by atoms with van der Waals surface area (Å²) in [6.45, 7) is 27.1. The summed E-state index contributed by atoms with van der Waals surface area (Å²) < 4.78 is 25.6. The number of benzene rings is 2. The molecule has 10 heteroatoms. The third-order valence-electron chi connectivity index (χ3n) is 10.4. The smallest absolute Gasteiger partial charge is 0.258 e. The molecule has 1 aliphatic rings. The first-order chi connectivity index (χ1) is 22.4. The molecule has 2 aromatic rings. The molecule has 3 rings (SSSR count). The van der Waals surface area contributed by atoms with Gasteiger partial charge in [0, 0.05) is 6.07 Å². The number of ether oxygens (including phenoxy) is 2. The van der Waals surface area contributed by atoms with Crippen molar-refractivity contribution in [1.82, 2.24) is 0 Å². The Morgan fingerprint density at radius 1 is 0.583 bits per heavy atom. The first-order valence-electron chi connectivity index (χ1n) is 17.7. The van der Waals surface area contributed by atoms with Crippen LogP contribution >= 0.6 is 0 Å². The fourth-order valence-corrected chi connectivity index (χ4v) is 18.5. The van der Waals surface area contributed by atoms with E-state index in [1.165, 1.54) is 0 Å². The number of aliphatic hydroxyl groups is 4. The van der Waals surface area contributed by atoms with Crippen LogP contribution in [0.5, 0.6) is 17.2 Å². The monoisotopic (exact) mass is 702 g/mol. The van der Waals surface area contributed by atoms with Crippen LogP contribution in [0, 0.1) is 0 Å². The van der Waals surface area contributed by atoms with Crippen molar-refractivity contribution >= 4 is 28.8 Å². The van der Waals surface area contributed by atoms with Crippen molar-refractivity contribution in [2.24, 2.45) is 0 Å². The van der Waals surface area contributed by atoms with Gasteiger partial charge in [0.15, 0.2) is 0 Å². The van der Waals surface area contributed by atoms with Crippen molar-refractivity contribution in [1.29, 1.82) is 0 Å². The SMILES string of the molecule is CC(C)[Si](Oc1cc(/C=C/c2ccc(O[C@H]3O[C@@H](CO)[C@H](O)[C@@H](O)[C@@H]3O)cc2)cc(O[Si](C(C)C)(C(C)C)C(C)C)c1)(C(C)C)C(C)C. The average molecular weight is 703 g/mol. The second kappa shape index (κ2) is 16.7. The molecule has 0 radical (unpaired) electrons. The van der Waals surface area contributed by atoms with Gasteiger partial charge in [-0.25, -0.2) is 0 Å². The zero-order chi connectivity index (χ0) is 36.1. The van der Waals surface area contributed by atoms with E-state index < -0.39 is 53.9 Å². The van der Waals surface area contributed by atoms with Crippen LogP contribution < -0.4 is 13.6 Å². The highest BCUT2D eigenvalue weighted by atomic mass is 28.4. The molecule has 1 heterocycles. The largest absolute Gasteiger partial charge is 0.543 e. The molecule has 0 amide bonds. The summed E-state index contributed by atoms with van der Waals surface area (Å²) >= 11 is 0. The molecule has 1 aliphatic heterocycles. The second-order valence-electron chi connectivity index (χ2n) is 15.3. The molecule has 0 aliphatic carbocycles. The van der Waals surface area contributed by atoms with E-state index >= 15 is 0 Å². The van der Waals surface area contributed by atoms with Gasteiger partial charge >= 0.3 is 0 Å². The van der Waals surface area contributed by atoms with Crippen molar-refractivity contribution in [3.63, 3.8) is 0 Å². The fourth-order valence-electron chi connectivity index (χ4n) is 8.07. The molecule has 1 saturated heterocycles. The minimum Gasteiger partial charge on any atom is -0.543 e. The molecule has 48 heavy (non-hydrogen) atoms. The summed E-state index contributed by atoms with van der Waals surface area (Å²) in [5, 5.41) is 40.0. The highest BCUT2D eigenvalue weighted by Crippen LogP contribution is 2.46. The van der Waals surface area contributed by atoms with Gasteiger partial charge in [0.25, 0.3) is 16.6 Å². The molecular weight excluding hydrogens is 641 g/mol. The van der Waals surface area contributed by atoms with E-state index in [1.807, 2.05) is 18.2 Å². The Balaban J connectivity index is 1.97. The summed E-state index contributed by atoms with van der Waals surface area (Å²) in [5.41, 5.74) is 4.50. The maximum atomic E-state index is 10.3. The van der Waals surface area contributed by atoms with Crippen molar-refractivity contribution < 1.29 is 38.8 Å². The molecule has 1 fully saturated rings. The van der Waals surface area contributed by atoms with E-state index in [1.54, 1.807) is 12.1 Å². The van der Waals surface area contributed by atoms with Gasteiger partial charge in [-0.15, -0.1) is 0 Å². The van der Waals surface area contributed by atoms with Crippen LogP contribution in [0.1, 0.15) is 94.2 Å². The Morgan fingerprint density at radius 2 is 1.00 bits per heavy atom. The van der Waals surface area contributed by atoms with Crippen LogP contribution in [0.4, 0.5) is 0 Å². The Kier molecular flexibility index (Phi) is 14.0. The summed E-state index contributed by atoms with van der Waals surface area (Å²) in [6, 6.07) is 13.6. The highest BCUT2D eigenvalue weighted by Gasteiger charge is 2.49. The average Bonchev–Trinajstić information content (AvgIpc) is 3.01. The highest BCUT2D eigenvalue weighted by molar-refractivity contribution is 6.78. The maximum Gasteiger partial charge on any atom is 0.258 e. The lowest BCUT2D eigenvalue weighted by Gasteiger charge is -2.43. The van der Waals surface area contributed by atoms with Gasteiger partial charge in [-0.2, -0.15) is 0 Å². The quantitative estimate of drug-likeness (QED) is 0.109. The van der Waals surface area contributed by atoms with Gasteiger partial charge in [-0.05, 0) is 68.6 Å². The molecule has 8 nitrogen and oxygen atoms in total. The maximum absolute atomic E-state index is 10.3. The molecular formula is C38H62O8Si2. The Hall–Kier alpha value is -2.19. The van der Waals surface area contributed by atoms with Crippen LogP contribution in [-0.4, -0.2) is 74.4 Å². The van der Waals surface area contributed by atoms with Crippen molar-refractivity contribution in [3.05, 3.63) is 53.6 Å². The molecule has 4 N–H and O–H groups in total. The van der Waals surface area contributed by atoms with Crippen molar-refractivity contribution in [2.75, 3.05) is 6.61 Å². The molecule has 0 aromatic heterocycles. The normalized spacial score (nSPS) is 22.6. The van der Waals surface area contributed by atoms with Crippen molar-refractivity contribution in [3.8, 4) is 17.2 Å². The van der Waals surface area contributed by atoms with E-state index in [9.17, 15) is 20.4 Å². The van der Waals surface area contributed by atoms with Crippen molar-refractivity contribution in [2.45, 2.75) is 147 Å². The van der Waals surface area contributed by atoms with Gasteiger partial charge in [0.1, 0.15) is 41.7 Å². The molecule has 0 unspecified atom stereocenters. The Bertz CT molecular complexity index is 1230. The zero-order valence-electron chi connectivity index (χ0n) is 31.2. The summed E-state index contributed by atoms with van der Waals surface area (Å²) in [5.74, 6) is 2.13. The van der Waals surface area contributed by atoms with Crippen LogP contribution in [0.25, 0.3) is 12.2 Å². The van der Waals surface area contributed by atoms with Crippen LogP contribution in [0.15, 0.2) is 42.5 Å². The number of hydrogen-bond donors (Lipinski definition) is 4. The molecule has 0 spiro atoms. The first-order valence-corrected chi connectivity index (χ1v) is 22.0. The van der Waals surface area contributed by atoms with Gasteiger partial charge in [0.05, 0.1) is 6.61 Å². The predicted molar refractivity (Wildman–Crippen MR) is 200 cm³/mol. The van der Waals surface area contributed by atoms with E-state index in [0.717, 1.165) is 22.6 Å². The predicted octanol–water partition coefficient (Wildman–Crippen LogP) is 8.14. The summed E-state index contributed by atoms with van der Waals surface area (Å²) in [6.07, 6.45) is -2.59. The lowest BCUT2D eigenvalue weighted by atomic mass is 9.99. The Morgan fingerprint density at radius 3 is 1.40 bits per heavy atom. The Labute approximate surface area is 291 Å². The second-order valence-corrected chi connectivity index (χ2v) is 26.0. The lowest BCUT2D eigenvalue weighted by Crippen LogP contribution is -2.60. The van der Waals surface area contributed by atoms with E-state index in [4.69, 9.17) is 18.3 Å². The van der Waals surface area contributed by atoms with E-state index in [0.29, 0.717) is 39.0 Å². The number of hydrogen-bond acceptors (Lipinski definition) is 8. The topological polar surface area (TPSA) is 118 Å². The summed E-state index contributed by atoms with van der Waals surface area (Å²) in [7, 11) is -4.45. The number of rotatable bonds is 15. The van der Waals surface area contributed by atoms with Crippen LogP contribution in [0.3, 0.4) is 0 Å². The molecule has 270 valence electrons. The summed E-state index contributed by atoms with van der Waals surface area (Å²) in [4.78, 5) is 0.